The normalized spacial score (nSPS) is 10.8. The summed E-state index contributed by atoms with van der Waals surface area (Å²) < 4.78 is 0. The van der Waals surface area contributed by atoms with Crippen LogP contribution in [0.1, 0.15) is 58.9 Å². The number of hydrogen-bond donors (Lipinski definition) is 2. The molecule has 0 fully saturated rings. The Hall–Kier alpha value is -1.32. The highest BCUT2D eigenvalue weighted by molar-refractivity contribution is 5.57. The number of rotatable bonds is 10. The van der Waals surface area contributed by atoms with E-state index in [1.54, 1.807) is 6.33 Å². The molecule has 0 saturated carbocycles. The Morgan fingerprint density at radius 3 is 2.20 bits per heavy atom. The Balaban J connectivity index is 2.67. The summed E-state index contributed by atoms with van der Waals surface area (Å²) in [6.45, 7) is 10.8. The van der Waals surface area contributed by atoms with Gasteiger partial charge in [-0.05, 0) is 31.6 Å². The monoisotopic (exact) mass is 278 g/mol. The maximum atomic E-state index is 4.42. The Kier molecular flexibility index (Phi) is 8.00. The van der Waals surface area contributed by atoms with Crippen molar-refractivity contribution in [3.8, 4) is 0 Å². The van der Waals surface area contributed by atoms with Crippen LogP contribution in [0.4, 0.5) is 11.6 Å². The molecule has 1 aromatic heterocycles. The van der Waals surface area contributed by atoms with Crippen LogP contribution in [0.5, 0.6) is 0 Å². The van der Waals surface area contributed by atoms with Gasteiger partial charge in [0, 0.05) is 18.7 Å². The number of anilines is 2. The van der Waals surface area contributed by atoms with Crippen LogP contribution in [0.3, 0.4) is 0 Å². The molecule has 0 saturated heterocycles. The summed E-state index contributed by atoms with van der Waals surface area (Å²) in [4.78, 5) is 8.81. The van der Waals surface area contributed by atoms with Crippen LogP contribution in [0.15, 0.2) is 6.33 Å². The maximum absolute atomic E-state index is 4.42. The van der Waals surface area contributed by atoms with Crippen LogP contribution < -0.4 is 10.6 Å². The highest BCUT2D eigenvalue weighted by Gasteiger charge is 2.10. The van der Waals surface area contributed by atoms with Crippen molar-refractivity contribution < 1.29 is 0 Å². The summed E-state index contributed by atoms with van der Waals surface area (Å²) >= 11 is 0. The van der Waals surface area contributed by atoms with Gasteiger partial charge in [-0.1, -0.05) is 34.1 Å². The van der Waals surface area contributed by atoms with Crippen molar-refractivity contribution in [2.45, 2.75) is 59.8 Å². The van der Waals surface area contributed by atoms with E-state index in [4.69, 9.17) is 0 Å². The first-order chi connectivity index (χ1) is 9.69. The average molecular weight is 278 g/mol. The SMILES string of the molecule is CCCNc1ncnc(NCCCC(C)C)c1CCC. The molecule has 0 unspecified atom stereocenters. The molecule has 4 heteroatoms. The van der Waals surface area contributed by atoms with Gasteiger partial charge in [-0.3, -0.25) is 0 Å². The number of aromatic nitrogens is 2. The van der Waals surface area contributed by atoms with Crippen LogP contribution in [0, 0.1) is 5.92 Å². The second kappa shape index (κ2) is 9.56. The van der Waals surface area contributed by atoms with E-state index in [2.05, 4.69) is 48.3 Å². The second-order valence-electron chi connectivity index (χ2n) is 5.69. The lowest BCUT2D eigenvalue weighted by Crippen LogP contribution is -2.12. The predicted molar refractivity (Wildman–Crippen MR) is 87.4 cm³/mol. The van der Waals surface area contributed by atoms with Crippen molar-refractivity contribution in [1.82, 2.24) is 9.97 Å². The first kappa shape index (κ1) is 16.7. The van der Waals surface area contributed by atoms with E-state index in [0.717, 1.165) is 49.9 Å². The minimum absolute atomic E-state index is 0.763. The molecule has 4 nitrogen and oxygen atoms in total. The van der Waals surface area contributed by atoms with E-state index >= 15 is 0 Å². The lowest BCUT2D eigenvalue weighted by atomic mass is 10.1. The van der Waals surface area contributed by atoms with Crippen LogP contribution in [-0.4, -0.2) is 23.1 Å². The molecule has 0 aromatic carbocycles. The fraction of sp³-hybridized carbons (Fsp3) is 0.750. The van der Waals surface area contributed by atoms with Crippen LogP contribution in [0.2, 0.25) is 0 Å². The zero-order valence-corrected chi connectivity index (χ0v) is 13.5. The summed E-state index contributed by atoms with van der Waals surface area (Å²) in [6, 6.07) is 0. The molecular weight excluding hydrogens is 248 g/mol. The van der Waals surface area contributed by atoms with E-state index in [9.17, 15) is 0 Å². The molecule has 0 atom stereocenters. The van der Waals surface area contributed by atoms with E-state index < -0.39 is 0 Å². The molecule has 1 aromatic rings. The summed E-state index contributed by atoms with van der Waals surface area (Å²) in [6.07, 6.45) is 7.32. The lowest BCUT2D eigenvalue weighted by molar-refractivity contribution is 0.566. The molecule has 0 amide bonds. The van der Waals surface area contributed by atoms with Crippen molar-refractivity contribution in [2.75, 3.05) is 23.7 Å². The van der Waals surface area contributed by atoms with Gasteiger partial charge in [0.1, 0.15) is 18.0 Å². The highest BCUT2D eigenvalue weighted by atomic mass is 15.1. The zero-order valence-electron chi connectivity index (χ0n) is 13.5. The minimum atomic E-state index is 0.763. The third kappa shape index (κ3) is 5.76. The number of nitrogens with one attached hydrogen (secondary N) is 2. The van der Waals surface area contributed by atoms with E-state index in [-0.39, 0.29) is 0 Å². The summed E-state index contributed by atoms with van der Waals surface area (Å²) in [5.74, 6) is 2.76. The summed E-state index contributed by atoms with van der Waals surface area (Å²) in [5, 5.41) is 6.88. The van der Waals surface area contributed by atoms with Crippen LogP contribution in [0.25, 0.3) is 0 Å². The van der Waals surface area contributed by atoms with Gasteiger partial charge >= 0.3 is 0 Å². The van der Waals surface area contributed by atoms with Crippen LogP contribution >= 0.6 is 0 Å². The maximum Gasteiger partial charge on any atom is 0.134 e. The smallest absolute Gasteiger partial charge is 0.134 e. The topological polar surface area (TPSA) is 49.8 Å². The molecule has 0 aliphatic heterocycles. The Bertz CT molecular complexity index is 377. The molecule has 1 rings (SSSR count). The third-order valence-electron chi connectivity index (χ3n) is 3.24. The van der Waals surface area contributed by atoms with Gasteiger partial charge in [0.05, 0.1) is 0 Å². The van der Waals surface area contributed by atoms with Gasteiger partial charge in [0.15, 0.2) is 0 Å². The third-order valence-corrected chi connectivity index (χ3v) is 3.24. The molecule has 114 valence electrons. The molecule has 2 N–H and O–H groups in total. The van der Waals surface area contributed by atoms with Gasteiger partial charge in [0.25, 0.3) is 0 Å². The Labute approximate surface area is 123 Å². The molecule has 0 aliphatic rings. The van der Waals surface area contributed by atoms with Gasteiger partial charge in [-0.25, -0.2) is 9.97 Å². The summed E-state index contributed by atoms with van der Waals surface area (Å²) in [7, 11) is 0. The first-order valence-corrected chi connectivity index (χ1v) is 8.00. The van der Waals surface area contributed by atoms with Crippen molar-refractivity contribution in [3.05, 3.63) is 11.9 Å². The summed E-state index contributed by atoms with van der Waals surface area (Å²) in [5.41, 5.74) is 1.23. The van der Waals surface area contributed by atoms with Gasteiger partial charge in [-0.15, -0.1) is 0 Å². The fourth-order valence-corrected chi connectivity index (χ4v) is 2.16. The van der Waals surface area contributed by atoms with Gasteiger partial charge < -0.3 is 10.6 Å². The molecular formula is C16H30N4. The van der Waals surface area contributed by atoms with Gasteiger partial charge in [0.2, 0.25) is 0 Å². The van der Waals surface area contributed by atoms with Gasteiger partial charge in [-0.2, -0.15) is 0 Å². The molecule has 0 spiro atoms. The van der Waals surface area contributed by atoms with E-state index in [0.29, 0.717) is 0 Å². The van der Waals surface area contributed by atoms with E-state index in [1.807, 2.05) is 0 Å². The molecule has 20 heavy (non-hydrogen) atoms. The minimum Gasteiger partial charge on any atom is -0.370 e. The van der Waals surface area contributed by atoms with Crippen LogP contribution in [-0.2, 0) is 6.42 Å². The molecule has 0 radical (unpaired) electrons. The first-order valence-electron chi connectivity index (χ1n) is 8.00. The van der Waals surface area contributed by atoms with Crippen molar-refractivity contribution >= 4 is 11.6 Å². The van der Waals surface area contributed by atoms with Crippen molar-refractivity contribution in [3.63, 3.8) is 0 Å². The van der Waals surface area contributed by atoms with Crippen molar-refractivity contribution in [1.29, 1.82) is 0 Å². The second-order valence-corrected chi connectivity index (χ2v) is 5.69. The largest absolute Gasteiger partial charge is 0.370 e. The quantitative estimate of drug-likeness (QED) is 0.633. The van der Waals surface area contributed by atoms with Crippen molar-refractivity contribution in [2.24, 2.45) is 5.92 Å². The van der Waals surface area contributed by atoms with E-state index in [1.165, 1.54) is 18.4 Å². The number of hydrogen-bond acceptors (Lipinski definition) is 4. The average Bonchev–Trinajstić information content (AvgIpc) is 2.43. The Morgan fingerprint density at radius 2 is 1.65 bits per heavy atom. The highest BCUT2D eigenvalue weighted by Crippen LogP contribution is 2.21. The zero-order chi connectivity index (χ0) is 14.8. The standard InChI is InChI=1S/C16H30N4/c1-5-8-14-15(17-10-6-2)19-12-20-16(14)18-11-7-9-13(3)4/h12-13H,5-11H2,1-4H3,(H2,17,18,19,20). The number of nitrogens with zero attached hydrogens (tertiary/aromatic N) is 2. The molecule has 0 bridgehead atoms. The lowest BCUT2D eigenvalue weighted by Gasteiger charge is -2.15. The molecule has 1 heterocycles. The fourth-order valence-electron chi connectivity index (χ4n) is 2.16. The molecule has 0 aliphatic carbocycles. The predicted octanol–water partition coefficient (Wildman–Crippen LogP) is 4.10. The Morgan fingerprint density at radius 1 is 1.00 bits per heavy atom.